The van der Waals surface area contributed by atoms with Crippen molar-refractivity contribution < 1.29 is 53.8 Å². The van der Waals surface area contributed by atoms with Crippen LogP contribution in [0, 0.1) is 0 Å². The summed E-state index contributed by atoms with van der Waals surface area (Å²) in [4.78, 5) is 42.7. The fourth-order valence-electron chi connectivity index (χ4n) is 6.08. The Morgan fingerprint density at radius 3 is 1.83 bits per heavy atom. The van der Waals surface area contributed by atoms with E-state index in [1.807, 2.05) is 11.3 Å². The van der Waals surface area contributed by atoms with Gasteiger partial charge in [-0.2, -0.15) is 0 Å². The Kier molecular flexibility index (Phi) is 14.8. The number of likely N-dealkylation sites (tertiary alicyclic amines) is 2. The standard InChI is InChI=1S/C34H40N2O3S.2C2H2O4/c1-37-29-13-14-33-30(23-29)31(21-25-7-8-27(32(22-25)38-2)24-36-17-5-6-18-36)34(40-33)26-9-11-28(12-10-26)39-20-19-35-15-3-4-16-35;2*3-1(4)2(5)6/h7-14,22-23H,3-6,15-21,24H2,1-2H3;2*(H,3,4)(H,5,6). The molecule has 278 valence electrons. The molecule has 14 heteroatoms. The van der Waals surface area contributed by atoms with Gasteiger partial charge in [-0.15, -0.1) is 11.3 Å². The van der Waals surface area contributed by atoms with E-state index >= 15 is 0 Å². The van der Waals surface area contributed by atoms with Gasteiger partial charge in [0.25, 0.3) is 0 Å². The van der Waals surface area contributed by atoms with Crippen LogP contribution in [0.3, 0.4) is 0 Å². The number of aliphatic carboxylic acids is 4. The van der Waals surface area contributed by atoms with Crippen LogP contribution in [0.4, 0.5) is 0 Å². The molecular weight excluding hydrogens is 692 g/mol. The number of methoxy groups -OCH3 is 2. The van der Waals surface area contributed by atoms with Crippen molar-refractivity contribution in [3.05, 3.63) is 77.4 Å². The molecule has 3 heterocycles. The number of carbonyl (C=O) groups is 4. The zero-order valence-corrected chi connectivity index (χ0v) is 30.0. The van der Waals surface area contributed by atoms with Crippen LogP contribution in [0.25, 0.3) is 20.5 Å². The zero-order valence-electron chi connectivity index (χ0n) is 29.2. The van der Waals surface area contributed by atoms with Crippen LogP contribution in [-0.4, -0.2) is 108 Å². The largest absolute Gasteiger partial charge is 0.497 e. The van der Waals surface area contributed by atoms with Gasteiger partial charge < -0.3 is 34.6 Å². The van der Waals surface area contributed by atoms with Crippen LogP contribution < -0.4 is 14.2 Å². The van der Waals surface area contributed by atoms with Gasteiger partial charge in [-0.3, -0.25) is 9.80 Å². The maximum absolute atomic E-state index is 9.10. The molecule has 0 radical (unpaired) electrons. The molecule has 4 N–H and O–H groups in total. The minimum absolute atomic E-state index is 0.739. The predicted octanol–water partition coefficient (Wildman–Crippen LogP) is 5.56. The Morgan fingerprint density at radius 2 is 1.27 bits per heavy atom. The maximum Gasteiger partial charge on any atom is 0.414 e. The first-order valence-electron chi connectivity index (χ1n) is 16.8. The molecular formula is C38H44N2O11S. The molecule has 0 aliphatic carbocycles. The first kappa shape index (κ1) is 39.6. The lowest BCUT2D eigenvalue weighted by Crippen LogP contribution is -2.25. The van der Waals surface area contributed by atoms with E-state index in [0.717, 1.165) is 43.4 Å². The van der Waals surface area contributed by atoms with Gasteiger partial charge in [0.15, 0.2) is 0 Å². The van der Waals surface area contributed by atoms with Crippen molar-refractivity contribution in [1.82, 2.24) is 9.80 Å². The van der Waals surface area contributed by atoms with Gasteiger partial charge in [-0.25, -0.2) is 19.2 Å². The van der Waals surface area contributed by atoms with E-state index in [9.17, 15) is 0 Å². The number of rotatable bonds is 11. The summed E-state index contributed by atoms with van der Waals surface area (Å²) >= 11 is 1.85. The zero-order chi connectivity index (χ0) is 37.6. The molecule has 1 aromatic heterocycles. The second-order valence-electron chi connectivity index (χ2n) is 12.2. The molecule has 0 amide bonds. The van der Waals surface area contributed by atoms with Crippen LogP contribution in [0.1, 0.15) is 42.4 Å². The van der Waals surface area contributed by atoms with Crippen molar-refractivity contribution >= 4 is 45.3 Å². The number of carboxylic acids is 4. The first-order chi connectivity index (χ1) is 25.0. The van der Waals surface area contributed by atoms with Crippen LogP contribution in [0.15, 0.2) is 60.7 Å². The lowest BCUT2D eigenvalue weighted by molar-refractivity contribution is -0.159. The number of benzene rings is 3. The fraction of sp³-hybridized carbons (Fsp3) is 0.368. The average Bonchev–Trinajstić information content (AvgIpc) is 3.92. The van der Waals surface area contributed by atoms with Crippen LogP contribution in [-0.2, 0) is 32.1 Å². The number of hydrogen-bond acceptors (Lipinski definition) is 10. The van der Waals surface area contributed by atoms with E-state index < -0.39 is 23.9 Å². The molecule has 2 fully saturated rings. The predicted molar refractivity (Wildman–Crippen MR) is 196 cm³/mol. The van der Waals surface area contributed by atoms with Crippen molar-refractivity contribution in [2.24, 2.45) is 0 Å². The summed E-state index contributed by atoms with van der Waals surface area (Å²) in [5, 5.41) is 30.8. The highest BCUT2D eigenvalue weighted by Gasteiger charge is 2.19. The Hall–Kier alpha value is -5.18. The quantitative estimate of drug-likeness (QED) is 0.141. The number of carboxylic acid groups (broad SMARTS) is 4. The Balaban J connectivity index is 0.000000436. The highest BCUT2D eigenvalue weighted by atomic mass is 32.1. The summed E-state index contributed by atoms with van der Waals surface area (Å²) in [7, 11) is 3.53. The minimum Gasteiger partial charge on any atom is -0.497 e. The normalized spacial score (nSPS) is 14.1. The summed E-state index contributed by atoms with van der Waals surface area (Å²) in [6.07, 6.45) is 6.05. The number of nitrogens with zero attached hydrogens (tertiary/aromatic N) is 2. The SMILES string of the molecule is COc1ccc2sc(-c3ccc(OCCN4CCCC4)cc3)c(Cc3ccc(CN4CCCC4)c(OC)c3)c2c1.O=C(O)C(=O)O.O=C(O)C(=O)O. The molecule has 2 aliphatic rings. The summed E-state index contributed by atoms with van der Waals surface area (Å²) in [6, 6.07) is 21.8. The van der Waals surface area contributed by atoms with Crippen molar-refractivity contribution in [1.29, 1.82) is 0 Å². The summed E-state index contributed by atoms with van der Waals surface area (Å²) in [5.74, 6) is -4.49. The third kappa shape index (κ3) is 11.4. The van der Waals surface area contributed by atoms with Crippen LogP contribution in [0.2, 0.25) is 0 Å². The van der Waals surface area contributed by atoms with E-state index in [1.165, 1.54) is 89.1 Å². The van der Waals surface area contributed by atoms with Crippen molar-refractivity contribution in [3.63, 3.8) is 0 Å². The highest BCUT2D eigenvalue weighted by Crippen LogP contribution is 2.42. The third-order valence-electron chi connectivity index (χ3n) is 8.68. The molecule has 6 rings (SSSR count). The second-order valence-corrected chi connectivity index (χ2v) is 13.3. The van der Waals surface area contributed by atoms with Crippen LogP contribution >= 0.6 is 11.3 Å². The molecule has 2 aliphatic heterocycles. The van der Waals surface area contributed by atoms with Gasteiger partial charge >= 0.3 is 23.9 Å². The van der Waals surface area contributed by atoms with Gasteiger partial charge in [-0.05, 0) is 124 Å². The lowest BCUT2D eigenvalue weighted by atomic mass is 9.97. The van der Waals surface area contributed by atoms with E-state index in [2.05, 4.69) is 70.5 Å². The topological polar surface area (TPSA) is 183 Å². The van der Waals surface area contributed by atoms with Gasteiger partial charge in [0.2, 0.25) is 0 Å². The van der Waals surface area contributed by atoms with E-state index in [0.29, 0.717) is 0 Å². The summed E-state index contributed by atoms with van der Waals surface area (Å²) in [5.41, 5.74) is 5.08. The molecule has 0 spiro atoms. The molecule has 4 aromatic rings. The van der Waals surface area contributed by atoms with Crippen molar-refractivity contribution in [3.8, 4) is 27.7 Å². The number of fused-ring (bicyclic) bond motifs is 1. The van der Waals surface area contributed by atoms with E-state index in [4.69, 9.17) is 53.8 Å². The van der Waals surface area contributed by atoms with Crippen molar-refractivity contribution in [2.45, 2.75) is 38.6 Å². The Labute approximate surface area is 305 Å². The second kappa shape index (κ2) is 19.4. The monoisotopic (exact) mass is 736 g/mol. The summed E-state index contributed by atoms with van der Waals surface area (Å²) in [6.45, 7) is 7.47. The molecule has 0 bridgehead atoms. The highest BCUT2D eigenvalue weighted by molar-refractivity contribution is 7.22. The van der Waals surface area contributed by atoms with Gasteiger partial charge in [0.1, 0.15) is 23.9 Å². The molecule has 0 atom stereocenters. The fourth-order valence-corrected chi connectivity index (χ4v) is 7.29. The maximum atomic E-state index is 9.10. The van der Waals surface area contributed by atoms with E-state index in [-0.39, 0.29) is 0 Å². The van der Waals surface area contributed by atoms with E-state index in [1.54, 1.807) is 14.2 Å². The molecule has 2 saturated heterocycles. The summed E-state index contributed by atoms with van der Waals surface area (Å²) < 4.78 is 18.8. The Bertz CT molecular complexity index is 1780. The molecule has 3 aromatic carbocycles. The van der Waals surface area contributed by atoms with Gasteiger partial charge in [-0.1, -0.05) is 12.1 Å². The molecule has 0 unspecified atom stereocenters. The molecule has 52 heavy (non-hydrogen) atoms. The van der Waals surface area contributed by atoms with Gasteiger partial charge in [0.05, 0.1) is 14.2 Å². The lowest BCUT2D eigenvalue weighted by Gasteiger charge is -2.18. The first-order valence-corrected chi connectivity index (χ1v) is 17.7. The smallest absolute Gasteiger partial charge is 0.414 e. The Morgan fingerprint density at radius 1 is 0.692 bits per heavy atom. The minimum atomic E-state index is -1.82. The number of hydrogen-bond donors (Lipinski definition) is 4. The van der Waals surface area contributed by atoms with Crippen LogP contribution in [0.5, 0.6) is 17.2 Å². The molecule has 0 saturated carbocycles. The number of thiophene rings is 1. The third-order valence-corrected chi connectivity index (χ3v) is 9.94. The molecule has 13 nitrogen and oxygen atoms in total. The number of ether oxygens (including phenoxy) is 3. The van der Waals surface area contributed by atoms with Gasteiger partial charge in [0, 0.05) is 33.6 Å². The van der Waals surface area contributed by atoms with Crippen molar-refractivity contribution in [2.75, 3.05) is 53.6 Å². The average molecular weight is 737 g/mol.